The Morgan fingerprint density at radius 2 is 2.29 bits per heavy atom. The van der Waals surface area contributed by atoms with Crippen LogP contribution < -0.4 is 15.0 Å². The van der Waals surface area contributed by atoms with E-state index in [-0.39, 0.29) is 12.5 Å². The number of benzene rings is 1. The summed E-state index contributed by atoms with van der Waals surface area (Å²) in [4.78, 5) is 12.9. The van der Waals surface area contributed by atoms with Gasteiger partial charge in [0.1, 0.15) is 5.75 Å². The molecule has 1 N–H and O–H groups in total. The van der Waals surface area contributed by atoms with Gasteiger partial charge in [0.15, 0.2) is 6.61 Å². The van der Waals surface area contributed by atoms with Gasteiger partial charge < -0.3 is 15.0 Å². The van der Waals surface area contributed by atoms with Crippen LogP contribution in [0.15, 0.2) is 18.2 Å². The Balaban J connectivity index is 2.43. The van der Waals surface area contributed by atoms with E-state index in [1.54, 1.807) is 11.9 Å². The lowest BCUT2D eigenvalue weighted by molar-refractivity contribution is -0.120. The van der Waals surface area contributed by atoms with Gasteiger partial charge in [-0.1, -0.05) is 0 Å². The molecule has 1 aromatic carbocycles. The van der Waals surface area contributed by atoms with Crippen molar-refractivity contribution in [3.8, 4) is 5.75 Å². The average molecular weight is 192 g/mol. The van der Waals surface area contributed by atoms with E-state index >= 15 is 0 Å². The van der Waals surface area contributed by atoms with Gasteiger partial charge in [-0.05, 0) is 12.1 Å². The van der Waals surface area contributed by atoms with Crippen LogP contribution in [-0.2, 0) is 4.79 Å². The molecule has 14 heavy (non-hydrogen) atoms. The second-order valence-corrected chi connectivity index (χ2v) is 3.17. The van der Waals surface area contributed by atoms with Crippen molar-refractivity contribution < 1.29 is 9.53 Å². The number of nitrogens with one attached hydrogen (secondary N) is 1. The molecule has 1 aliphatic rings. The first-order valence-electron chi connectivity index (χ1n) is 4.43. The van der Waals surface area contributed by atoms with Crippen LogP contribution in [0.2, 0.25) is 0 Å². The number of anilines is 2. The lowest BCUT2D eigenvalue weighted by Gasteiger charge is -2.26. The molecule has 0 aromatic heterocycles. The van der Waals surface area contributed by atoms with Gasteiger partial charge in [-0.25, -0.2) is 0 Å². The number of likely N-dealkylation sites (N-methyl/N-ethyl adjacent to an activating group) is 1. The number of fused-ring (bicyclic) bond motifs is 1. The zero-order valence-electron chi connectivity index (χ0n) is 8.20. The quantitative estimate of drug-likeness (QED) is 0.724. The average Bonchev–Trinajstić information content (AvgIpc) is 2.23. The molecule has 4 heteroatoms. The number of ether oxygens (including phenoxy) is 1. The summed E-state index contributed by atoms with van der Waals surface area (Å²) >= 11 is 0. The molecule has 0 radical (unpaired) electrons. The number of rotatable bonds is 1. The van der Waals surface area contributed by atoms with Crippen molar-refractivity contribution in [1.29, 1.82) is 0 Å². The van der Waals surface area contributed by atoms with Gasteiger partial charge in [-0.3, -0.25) is 4.79 Å². The first-order chi connectivity index (χ1) is 6.72. The fourth-order valence-electron chi connectivity index (χ4n) is 1.43. The van der Waals surface area contributed by atoms with Gasteiger partial charge in [-0.15, -0.1) is 0 Å². The molecule has 0 bridgehead atoms. The molecule has 0 saturated carbocycles. The molecule has 4 nitrogen and oxygen atoms in total. The van der Waals surface area contributed by atoms with Crippen molar-refractivity contribution in [3.63, 3.8) is 0 Å². The molecular formula is C10H12N2O2. The van der Waals surface area contributed by atoms with E-state index in [1.807, 2.05) is 25.2 Å². The maximum atomic E-state index is 11.3. The van der Waals surface area contributed by atoms with Crippen LogP contribution in [0, 0.1) is 0 Å². The standard InChI is InChI=1S/C10H12N2O2/c1-11-7-3-4-8-9(5-7)14-6-10(13)12(8)2/h3-5,11H,6H2,1-2H3. The van der Waals surface area contributed by atoms with Gasteiger partial charge in [0.25, 0.3) is 5.91 Å². The molecule has 0 atom stereocenters. The third-order valence-corrected chi connectivity index (χ3v) is 2.34. The minimum absolute atomic E-state index is 0.0188. The number of hydrogen-bond acceptors (Lipinski definition) is 3. The SMILES string of the molecule is CNc1ccc2c(c1)OCC(=O)N2C. The van der Waals surface area contributed by atoms with Crippen LogP contribution in [0.4, 0.5) is 11.4 Å². The summed E-state index contributed by atoms with van der Waals surface area (Å²) in [5, 5.41) is 3.02. The molecule has 2 rings (SSSR count). The number of hydrogen-bond donors (Lipinski definition) is 1. The summed E-state index contributed by atoms with van der Waals surface area (Å²) in [7, 11) is 3.60. The molecule has 1 amide bonds. The monoisotopic (exact) mass is 192 g/mol. The van der Waals surface area contributed by atoms with Crippen molar-refractivity contribution in [1.82, 2.24) is 0 Å². The zero-order valence-corrected chi connectivity index (χ0v) is 8.20. The molecule has 0 spiro atoms. The van der Waals surface area contributed by atoms with Crippen LogP contribution in [-0.4, -0.2) is 26.6 Å². The Bertz CT molecular complexity index is 376. The van der Waals surface area contributed by atoms with Crippen molar-refractivity contribution >= 4 is 17.3 Å². The lowest BCUT2D eigenvalue weighted by Crippen LogP contribution is -2.35. The topological polar surface area (TPSA) is 41.6 Å². The van der Waals surface area contributed by atoms with Crippen molar-refractivity contribution in [2.75, 3.05) is 30.9 Å². The minimum Gasteiger partial charge on any atom is -0.481 e. The first-order valence-corrected chi connectivity index (χ1v) is 4.43. The predicted molar refractivity (Wildman–Crippen MR) is 54.9 cm³/mol. The predicted octanol–water partition coefficient (Wildman–Crippen LogP) is 1.08. The fourth-order valence-corrected chi connectivity index (χ4v) is 1.43. The Hall–Kier alpha value is -1.71. The summed E-state index contributed by atoms with van der Waals surface area (Å²) in [6.07, 6.45) is 0. The van der Waals surface area contributed by atoms with Crippen molar-refractivity contribution in [3.05, 3.63) is 18.2 Å². The summed E-state index contributed by atoms with van der Waals surface area (Å²) in [5.41, 5.74) is 1.80. The summed E-state index contributed by atoms with van der Waals surface area (Å²) in [5.74, 6) is 0.730. The lowest BCUT2D eigenvalue weighted by atomic mass is 10.2. The molecule has 74 valence electrons. The highest BCUT2D eigenvalue weighted by Crippen LogP contribution is 2.33. The maximum absolute atomic E-state index is 11.3. The van der Waals surface area contributed by atoms with Crippen LogP contribution in [0.1, 0.15) is 0 Å². The Morgan fingerprint density at radius 1 is 1.50 bits per heavy atom. The molecule has 1 aromatic rings. The van der Waals surface area contributed by atoms with Gasteiger partial charge in [0.05, 0.1) is 5.69 Å². The van der Waals surface area contributed by atoms with E-state index in [9.17, 15) is 4.79 Å². The van der Waals surface area contributed by atoms with Gasteiger partial charge >= 0.3 is 0 Å². The van der Waals surface area contributed by atoms with E-state index in [0.717, 1.165) is 17.1 Å². The molecule has 0 saturated heterocycles. The van der Waals surface area contributed by atoms with Crippen LogP contribution in [0.5, 0.6) is 5.75 Å². The Labute approximate surface area is 82.5 Å². The zero-order chi connectivity index (χ0) is 10.1. The van der Waals surface area contributed by atoms with E-state index in [2.05, 4.69) is 5.32 Å². The smallest absolute Gasteiger partial charge is 0.264 e. The second-order valence-electron chi connectivity index (χ2n) is 3.17. The second kappa shape index (κ2) is 3.21. The van der Waals surface area contributed by atoms with Gasteiger partial charge in [-0.2, -0.15) is 0 Å². The highest BCUT2D eigenvalue weighted by atomic mass is 16.5. The number of carbonyl (C=O) groups is 1. The highest BCUT2D eigenvalue weighted by Gasteiger charge is 2.21. The van der Waals surface area contributed by atoms with Gasteiger partial charge in [0.2, 0.25) is 0 Å². The summed E-state index contributed by atoms with van der Waals surface area (Å²) in [6, 6.07) is 5.67. The highest BCUT2D eigenvalue weighted by molar-refractivity contribution is 5.97. The van der Waals surface area contributed by atoms with E-state index in [0.29, 0.717) is 0 Å². The van der Waals surface area contributed by atoms with E-state index in [1.165, 1.54) is 0 Å². The van der Waals surface area contributed by atoms with Crippen molar-refractivity contribution in [2.45, 2.75) is 0 Å². The molecular weight excluding hydrogens is 180 g/mol. The largest absolute Gasteiger partial charge is 0.481 e. The summed E-state index contributed by atoms with van der Waals surface area (Å²) in [6.45, 7) is 0.122. The summed E-state index contributed by atoms with van der Waals surface area (Å²) < 4.78 is 5.32. The Kier molecular flexibility index (Phi) is 2.04. The van der Waals surface area contributed by atoms with Crippen LogP contribution >= 0.6 is 0 Å². The first kappa shape index (κ1) is 8.87. The third-order valence-electron chi connectivity index (χ3n) is 2.34. The van der Waals surface area contributed by atoms with Crippen LogP contribution in [0.3, 0.4) is 0 Å². The Morgan fingerprint density at radius 3 is 3.00 bits per heavy atom. The third kappa shape index (κ3) is 1.28. The van der Waals surface area contributed by atoms with Gasteiger partial charge in [0, 0.05) is 25.8 Å². The van der Waals surface area contributed by atoms with E-state index in [4.69, 9.17) is 4.74 Å². The van der Waals surface area contributed by atoms with Crippen LogP contribution in [0.25, 0.3) is 0 Å². The fraction of sp³-hybridized carbons (Fsp3) is 0.300. The number of carbonyl (C=O) groups excluding carboxylic acids is 1. The number of amides is 1. The molecule has 1 heterocycles. The van der Waals surface area contributed by atoms with E-state index < -0.39 is 0 Å². The molecule has 1 aliphatic heterocycles. The van der Waals surface area contributed by atoms with Crippen molar-refractivity contribution in [2.24, 2.45) is 0 Å². The number of nitrogens with zero attached hydrogens (tertiary/aromatic N) is 1. The normalized spacial score (nSPS) is 14.7. The minimum atomic E-state index is -0.0188. The molecule has 0 aliphatic carbocycles. The maximum Gasteiger partial charge on any atom is 0.264 e. The molecule has 0 unspecified atom stereocenters. The molecule has 0 fully saturated rings.